The minimum absolute atomic E-state index is 0.265. The van der Waals surface area contributed by atoms with Crippen molar-refractivity contribution in [1.29, 1.82) is 0 Å². The zero-order valence-electron chi connectivity index (χ0n) is 12.3. The fourth-order valence-corrected chi connectivity index (χ4v) is 3.24. The molecule has 0 saturated carbocycles. The van der Waals surface area contributed by atoms with Crippen molar-refractivity contribution >= 4 is 34.0 Å². The highest BCUT2D eigenvalue weighted by Crippen LogP contribution is 2.25. The lowest BCUT2D eigenvalue weighted by Gasteiger charge is -2.08. The number of halogens is 1. The number of thiazole rings is 1. The smallest absolute Gasteiger partial charge is 0.248 e. The highest BCUT2D eigenvalue weighted by molar-refractivity contribution is 7.15. The summed E-state index contributed by atoms with van der Waals surface area (Å²) in [4.78, 5) is 17.6. The summed E-state index contributed by atoms with van der Waals surface area (Å²) < 4.78 is 0. The maximum absolute atomic E-state index is 12.2. The molecule has 2 aromatic carbocycles. The molecule has 23 heavy (non-hydrogen) atoms. The lowest BCUT2D eigenvalue weighted by atomic mass is 10.1. The van der Waals surface area contributed by atoms with E-state index >= 15 is 0 Å². The third kappa shape index (κ3) is 4.18. The van der Waals surface area contributed by atoms with Crippen molar-refractivity contribution < 1.29 is 4.79 Å². The summed E-state index contributed by atoms with van der Waals surface area (Å²) in [5.41, 5.74) is 1.99. The van der Waals surface area contributed by atoms with Gasteiger partial charge in [-0.1, -0.05) is 60.7 Å². The molecule has 3 nitrogen and oxygen atoms in total. The van der Waals surface area contributed by atoms with Gasteiger partial charge in [-0.05, 0) is 11.1 Å². The molecule has 5 heteroatoms. The van der Waals surface area contributed by atoms with Crippen LogP contribution >= 0.6 is 22.9 Å². The fraction of sp³-hybridized carbons (Fsp3) is 0.111. The fourth-order valence-electron chi connectivity index (χ4n) is 2.19. The Balaban J connectivity index is 1.63. The largest absolute Gasteiger partial charge is 0.300 e. The van der Waals surface area contributed by atoms with Gasteiger partial charge in [0.2, 0.25) is 5.91 Å². The van der Waals surface area contributed by atoms with Crippen LogP contribution in [0, 0.1) is 0 Å². The van der Waals surface area contributed by atoms with Crippen LogP contribution in [-0.4, -0.2) is 10.9 Å². The number of nitrogens with one attached hydrogen (secondary N) is 1. The number of aromatic nitrogens is 1. The summed E-state index contributed by atoms with van der Waals surface area (Å²) in [6.07, 6.45) is 2.59. The van der Waals surface area contributed by atoms with E-state index in [-0.39, 0.29) is 5.91 Å². The van der Waals surface area contributed by atoms with Gasteiger partial charge in [-0.2, -0.15) is 0 Å². The van der Waals surface area contributed by atoms with Crippen LogP contribution in [0.1, 0.15) is 21.4 Å². The van der Waals surface area contributed by atoms with E-state index in [2.05, 4.69) is 22.4 Å². The van der Waals surface area contributed by atoms with E-state index in [1.54, 1.807) is 6.20 Å². The van der Waals surface area contributed by atoms with Gasteiger partial charge in [-0.15, -0.1) is 22.9 Å². The third-order valence-electron chi connectivity index (χ3n) is 3.33. The number of hydrogen-bond acceptors (Lipinski definition) is 3. The molecule has 0 saturated heterocycles. The Kier molecular flexibility index (Phi) is 5.05. The van der Waals surface area contributed by atoms with E-state index < -0.39 is 5.38 Å². The second kappa shape index (κ2) is 7.40. The molecule has 0 bridgehead atoms. The first-order valence-electron chi connectivity index (χ1n) is 7.21. The summed E-state index contributed by atoms with van der Waals surface area (Å²) >= 11 is 7.67. The number of nitrogens with zero attached hydrogens (tertiary/aromatic N) is 1. The molecule has 0 unspecified atom stereocenters. The molecule has 3 rings (SSSR count). The van der Waals surface area contributed by atoms with Gasteiger partial charge < -0.3 is 5.32 Å². The molecule has 0 aliphatic carbocycles. The molecule has 0 spiro atoms. The lowest BCUT2D eigenvalue weighted by molar-refractivity contribution is -0.116. The number of amides is 1. The molecule has 0 aliphatic rings. The maximum Gasteiger partial charge on any atom is 0.248 e. The van der Waals surface area contributed by atoms with Crippen LogP contribution in [0.25, 0.3) is 0 Å². The Hall–Kier alpha value is -2.17. The molecule has 0 radical (unpaired) electrons. The molecule has 1 N–H and O–H groups in total. The minimum atomic E-state index is -0.724. The van der Waals surface area contributed by atoms with Gasteiger partial charge in [-0.25, -0.2) is 4.98 Å². The third-order valence-corrected chi connectivity index (χ3v) is 4.69. The molecule has 1 atom stereocenters. The van der Waals surface area contributed by atoms with Crippen molar-refractivity contribution in [2.75, 3.05) is 5.32 Å². The van der Waals surface area contributed by atoms with Gasteiger partial charge in [0.15, 0.2) is 5.13 Å². The Morgan fingerprint density at radius 2 is 1.74 bits per heavy atom. The Bertz CT molecular complexity index is 774. The molecule has 116 valence electrons. The van der Waals surface area contributed by atoms with Gasteiger partial charge in [0.05, 0.1) is 0 Å². The van der Waals surface area contributed by atoms with Crippen molar-refractivity contribution in [2.24, 2.45) is 0 Å². The number of carbonyl (C=O) groups is 1. The van der Waals surface area contributed by atoms with Gasteiger partial charge in [0, 0.05) is 17.5 Å². The predicted octanol–water partition coefficient (Wildman–Crippen LogP) is 4.65. The average molecular weight is 343 g/mol. The molecule has 1 amide bonds. The normalized spacial score (nSPS) is 11.9. The van der Waals surface area contributed by atoms with Gasteiger partial charge >= 0.3 is 0 Å². The van der Waals surface area contributed by atoms with E-state index in [1.165, 1.54) is 16.9 Å². The number of hydrogen-bond donors (Lipinski definition) is 1. The zero-order chi connectivity index (χ0) is 16.1. The highest BCUT2D eigenvalue weighted by Gasteiger charge is 2.18. The van der Waals surface area contributed by atoms with Crippen molar-refractivity contribution in [3.8, 4) is 0 Å². The second-order valence-electron chi connectivity index (χ2n) is 5.06. The SMILES string of the molecule is O=C(Nc1ncc(Cc2ccccc2)s1)[C@@H](Cl)c1ccccc1. The highest BCUT2D eigenvalue weighted by atomic mass is 35.5. The first kappa shape index (κ1) is 15.7. The van der Waals surface area contributed by atoms with Crippen LogP contribution in [0.15, 0.2) is 66.9 Å². The number of alkyl halides is 1. The molecular formula is C18H15ClN2OS. The quantitative estimate of drug-likeness (QED) is 0.685. The summed E-state index contributed by atoms with van der Waals surface area (Å²) in [6.45, 7) is 0. The van der Waals surface area contributed by atoms with Crippen LogP contribution in [0.2, 0.25) is 0 Å². The Morgan fingerprint density at radius 3 is 2.43 bits per heavy atom. The van der Waals surface area contributed by atoms with Crippen molar-refractivity contribution in [1.82, 2.24) is 4.98 Å². The predicted molar refractivity (Wildman–Crippen MR) is 95.0 cm³/mol. The van der Waals surface area contributed by atoms with Crippen LogP contribution in [0.5, 0.6) is 0 Å². The van der Waals surface area contributed by atoms with Crippen LogP contribution in [-0.2, 0) is 11.2 Å². The molecule has 0 fully saturated rings. The number of carbonyl (C=O) groups excluding carboxylic acids is 1. The van der Waals surface area contributed by atoms with Crippen molar-refractivity contribution in [3.05, 3.63) is 82.9 Å². The Morgan fingerprint density at radius 1 is 1.09 bits per heavy atom. The first-order chi connectivity index (χ1) is 11.2. The van der Waals surface area contributed by atoms with Crippen LogP contribution < -0.4 is 5.32 Å². The zero-order valence-corrected chi connectivity index (χ0v) is 13.8. The van der Waals surface area contributed by atoms with E-state index in [4.69, 9.17) is 11.6 Å². The summed E-state index contributed by atoms with van der Waals surface area (Å²) in [6, 6.07) is 19.4. The van der Waals surface area contributed by atoms with Crippen molar-refractivity contribution in [2.45, 2.75) is 11.8 Å². The Labute approximate surface area is 144 Å². The molecule has 0 aliphatic heterocycles. The maximum atomic E-state index is 12.2. The van der Waals surface area contributed by atoms with Gasteiger partial charge in [-0.3, -0.25) is 4.79 Å². The van der Waals surface area contributed by atoms with Crippen molar-refractivity contribution in [3.63, 3.8) is 0 Å². The van der Waals surface area contributed by atoms with Crippen LogP contribution in [0.3, 0.4) is 0 Å². The molecule has 1 aromatic heterocycles. The summed E-state index contributed by atoms with van der Waals surface area (Å²) in [7, 11) is 0. The number of benzene rings is 2. The topological polar surface area (TPSA) is 42.0 Å². The first-order valence-corrected chi connectivity index (χ1v) is 8.46. The van der Waals surface area contributed by atoms with E-state index in [9.17, 15) is 4.79 Å². The number of rotatable bonds is 5. The van der Waals surface area contributed by atoms with E-state index in [1.807, 2.05) is 48.5 Å². The number of anilines is 1. The lowest BCUT2D eigenvalue weighted by Crippen LogP contribution is -2.17. The summed E-state index contributed by atoms with van der Waals surface area (Å²) in [5, 5.41) is 2.63. The minimum Gasteiger partial charge on any atom is -0.300 e. The summed E-state index contributed by atoms with van der Waals surface area (Å²) in [5.74, 6) is -0.265. The van der Waals surface area contributed by atoms with Gasteiger partial charge in [0.1, 0.15) is 5.38 Å². The van der Waals surface area contributed by atoms with Crippen LogP contribution in [0.4, 0.5) is 5.13 Å². The van der Waals surface area contributed by atoms with E-state index in [0.717, 1.165) is 16.9 Å². The molecule has 3 aromatic rings. The van der Waals surface area contributed by atoms with Gasteiger partial charge in [0.25, 0.3) is 0 Å². The molecular weight excluding hydrogens is 328 g/mol. The average Bonchev–Trinajstić information content (AvgIpc) is 3.02. The standard InChI is InChI=1S/C18H15ClN2OS/c19-16(14-9-5-2-6-10-14)17(22)21-18-20-12-15(23-18)11-13-7-3-1-4-8-13/h1-10,12,16H,11H2,(H,20,21,22)/t16-/m0/s1. The molecule has 1 heterocycles. The van der Waals surface area contributed by atoms with E-state index in [0.29, 0.717) is 5.13 Å². The second-order valence-corrected chi connectivity index (χ2v) is 6.61. The monoisotopic (exact) mass is 342 g/mol.